The molecular weight excluding hydrogens is 290 g/mol. The predicted molar refractivity (Wildman–Crippen MR) is 92.0 cm³/mol. The van der Waals surface area contributed by atoms with E-state index in [9.17, 15) is 9.59 Å². The number of anilines is 2. The molecule has 0 aliphatic carbocycles. The quantitative estimate of drug-likeness (QED) is 0.767. The van der Waals surface area contributed by atoms with Crippen molar-refractivity contribution < 1.29 is 9.59 Å². The first-order valence-corrected chi connectivity index (χ1v) is 7.52. The predicted octanol–water partition coefficient (Wildman–Crippen LogP) is 2.81. The number of nitrogens with one attached hydrogen (secondary N) is 2. The van der Waals surface area contributed by atoms with Crippen molar-refractivity contribution in [2.24, 2.45) is 5.73 Å². The molecular formula is C18H21N3O2. The molecule has 0 aliphatic rings. The molecule has 0 saturated heterocycles. The summed E-state index contributed by atoms with van der Waals surface area (Å²) in [5.41, 5.74) is 9.08. The first-order chi connectivity index (χ1) is 11.1. The molecule has 5 nitrogen and oxygen atoms in total. The van der Waals surface area contributed by atoms with E-state index in [0.29, 0.717) is 12.2 Å². The molecule has 2 aromatic rings. The molecule has 0 aromatic heterocycles. The molecule has 0 bridgehead atoms. The topological polar surface area (TPSA) is 84.2 Å². The van der Waals surface area contributed by atoms with Gasteiger partial charge < -0.3 is 16.4 Å². The van der Waals surface area contributed by atoms with Gasteiger partial charge in [-0.15, -0.1) is 0 Å². The second-order valence-electron chi connectivity index (χ2n) is 5.36. The van der Waals surface area contributed by atoms with E-state index in [1.165, 1.54) is 0 Å². The standard InChI is InChI=1S/C18H21N3O2/c1-13-2-6-15(7-3-13)20-17(22)10-11-18(23)21-16-8-4-14(12-19)5-9-16/h2-9H,10-12,19H2,1H3,(H,20,22)(H,21,23). The fourth-order valence-corrected chi connectivity index (χ4v) is 2.04. The Bertz CT molecular complexity index is 664. The smallest absolute Gasteiger partial charge is 0.224 e. The normalized spacial score (nSPS) is 10.2. The van der Waals surface area contributed by atoms with Crippen molar-refractivity contribution in [1.82, 2.24) is 0 Å². The lowest BCUT2D eigenvalue weighted by Gasteiger charge is -2.07. The van der Waals surface area contributed by atoms with Gasteiger partial charge in [0, 0.05) is 30.8 Å². The molecule has 0 unspecified atom stereocenters. The van der Waals surface area contributed by atoms with Crippen LogP contribution in [0.3, 0.4) is 0 Å². The Morgan fingerprint density at radius 2 is 1.26 bits per heavy atom. The fourth-order valence-electron chi connectivity index (χ4n) is 2.04. The zero-order chi connectivity index (χ0) is 16.7. The minimum Gasteiger partial charge on any atom is -0.326 e. The average Bonchev–Trinajstić information content (AvgIpc) is 2.56. The number of carbonyl (C=O) groups is 2. The maximum atomic E-state index is 11.9. The molecule has 0 aliphatic heterocycles. The maximum absolute atomic E-state index is 11.9. The third-order valence-corrected chi connectivity index (χ3v) is 3.39. The van der Waals surface area contributed by atoms with Gasteiger partial charge in [-0.25, -0.2) is 0 Å². The Morgan fingerprint density at radius 1 is 0.826 bits per heavy atom. The number of hydrogen-bond acceptors (Lipinski definition) is 3. The largest absolute Gasteiger partial charge is 0.326 e. The number of rotatable bonds is 6. The summed E-state index contributed by atoms with van der Waals surface area (Å²) in [6, 6.07) is 14.8. The van der Waals surface area contributed by atoms with Gasteiger partial charge in [-0.3, -0.25) is 9.59 Å². The average molecular weight is 311 g/mol. The second kappa shape index (κ2) is 8.10. The van der Waals surface area contributed by atoms with Gasteiger partial charge >= 0.3 is 0 Å². The van der Waals surface area contributed by atoms with Crippen LogP contribution in [-0.2, 0) is 16.1 Å². The minimum absolute atomic E-state index is 0.135. The second-order valence-corrected chi connectivity index (χ2v) is 5.36. The van der Waals surface area contributed by atoms with Crippen LogP contribution in [0.1, 0.15) is 24.0 Å². The molecule has 4 N–H and O–H groups in total. The van der Waals surface area contributed by atoms with E-state index in [4.69, 9.17) is 5.73 Å². The lowest BCUT2D eigenvalue weighted by molar-refractivity contribution is -0.121. The van der Waals surface area contributed by atoms with E-state index < -0.39 is 0 Å². The summed E-state index contributed by atoms with van der Waals surface area (Å²) in [5.74, 6) is -0.368. The Balaban J connectivity index is 1.76. The highest BCUT2D eigenvalue weighted by Gasteiger charge is 2.07. The first kappa shape index (κ1) is 16.7. The van der Waals surface area contributed by atoms with Crippen LogP contribution in [0.2, 0.25) is 0 Å². The zero-order valence-corrected chi connectivity index (χ0v) is 13.1. The highest BCUT2D eigenvalue weighted by atomic mass is 16.2. The van der Waals surface area contributed by atoms with Crippen molar-refractivity contribution in [3.8, 4) is 0 Å². The summed E-state index contributed by atoms with van der Waals surface area (Å²) in [5, 5.41) is 5.53. The van der Waals surface area contributed by atoms with Gasteiger partial charge in [0.25, 0.3) is 0 Å². The van der Waals surface area contributed by atoms with E-state index in [2.05, 4.69) is 10.6 Å². The summed E-state index contributed by atoms with van der Waals surface area (Å²) in [6.07, 6.45) is 0.275. The third-order valence-electron chi connectivity index (χ3n) is 3.39. The Hall–Kier alpha value is -2.66. The van der Waals surface area contributed by atoms with E-state index in [0.717, 1.165) is 16.8 Å². The summed E-state index contributed by atoms with van der Waals surface area (Å²) in [4.78, 5) is 23.7. The van der Waals surface area contributed by atoms with Gasteiger partial charge in [0.05, 0.1) is 0 Å². The number of hydrogen-bond donors (Lipinski definition) is 3. The molecule has 0 atom stereocenters. The van der Waals surface area contributed by atoms with Gasteiger partial charge in [-0.2, -0.15) is 0 Å². The summed E-state index contributed by atoms with van der Waals surface area (Å²) in [7, 11) is 0. The van der Waals surface area contributed by atoms with Gasteiger partial charge in [0.1, 0.15) is 0 Å². The molecule has 0 radical (unpaired) electrons. The number of benzene rings is 2. The molecule has 0 fully saturated rings. The molecule has 120 valence electrons. The molecule has 2 amide bonds. The van der Waals surface area contributed by atoms with Gasteiger partial charge in [-0.05, 0) is 36.8 Å². The van der Waals surface area contributed by atoms with E-state index in [1.54, 1.807) is 12.1 Å². The van der Waals surface area contributed by atoms with Crippen LogP contribution in [0.15, 0.2) is 48.5 Å². The summed E-state index contributed by atoms with van der Waals surface area (Å²) in [6.45, 7) is 2.45. The van der Waals surface area contributed by atoms with Crippen LogP contribution in [0.25, 0.3) is 0 Å². The maximum Gasteiger partial charge on any atom is 0.224 e. The monoisotopic (exact) mass is 311 g/mol. The fraction of sp³-hybridized carbons (Fsp3) is 0.222. The van der Waals surface area contributed by atoms with Crippen LogP contribution in [-0.4, -0.2) is 11.8 Å². The molecule has 2 aromatic carbocycles. The van der Waals surface area contributed by atoms with Crippen molar-refractivity contribution in [3.63, 3.8) is 0 Å². The molecule has 23 heavy (non-hydrogen) atoms. The molecule has 0 spiro atoms. The van der Waals surface area contributed by atoms with Crippen LogP contribution in [0.4, 0.5) is 11.4 Å². The number of carbonyl (C=O) groups excluding carboxylic acids is 2. The van der Waals surface area contributed by atoms with Crippen LogP contribution >= 0.6 is 0 Å². The third kappa shape index (κ3) is 5.56. The Morgan fingerprint density at radius 3 is 1.70 bits per heavy atom. The highest BCUT2D eigenvalue weighted by molar-refractivity contribution is 5.96. The number of amides is 2. The van der Waals surface area contributed by atoms with E-state index >= 15 is 0 Å². The Labute approximate surface area is 135 Å². The molecule has 2 rings (SSSR count). The van der Waals surface area contributed by atoms with Crippen LogP contribution in [0.5, 0.6) is 0 Å². The van der Waals surface area contributed by atoms with Gasteiger partial charge in [0.2, 0.25) is 11.8 Å². The highest BCUT2D eigenvalue weighted by Crippen LogP contribution is 2.11. The lowest BCUT2D eigenvalue weighted by atomic mass is 10.2. The van der Waals surface area contributed by atoms with Crippen molar-refractivity contribution in [1.29, 1.82) is 0 Å². The Kier molecular flexibility index (Phi) is 5.88. The molecule has 5 heteroatoms. The van der Waals surface area contributed by atoms with Crippen LogP contribution < -0.4 is 16.4 Å². The zero-order valence-electron chi connectivity index (χ0n) is 13.1. The summed E-state index contributed by atoms with van der Waals surface area (Å²) >= 11 is 0. The van der Waals surface area contributed by atoms with Gasteiger partial charge in [-0.1, -0.05) is 29.8 Å². The van der Waals surface area contributed by atoms with Crippen molar-refractivity contribution in [2.45, 2.75) is 26.3 Å². The van der Waals surface area contributed by atoms with E-state index in [1.807, 2.05) is 43.3 Å². The van der Waals surface area contributed by atoms with Crippen molar-refractivity contribution in [2.75, 3.05) is 10.6 Å². The van der Waals surface area contributed by atoms with E-state index in [-0.39, 0.29) is 24.7 Å². The number of nitrogens with two attached hydrogens (primary N) is 1. The SMILES string of the molecule is Cc1ccc(NC(=O)CCC(=O)Nc2ccc(CN)cc2)cc1. The minimum atomic E-state index is -0.190. The molecule has 0 heterocycles. The summed E-state index contributed by atoms with van der Waals surface area (Å²) < 4.78 is 0. The van der Waals surface area contributed by atoms with Crippen LogP contribution in [0, 0.1) is 6.92 Å². The number of aryl methyl sites for hydroxylation is 1. The van der Waals surface area contributed by atoms with Crippen molar-refractivity contribution >= 4 is 23.2 Å². The van der Waals surface area contributed by atoms with Gasteiger partial charge in [0.15, 0.2) is 0 Å². The lowest BCUT2D eigenvalue weighted by Crippen LogP contribution is -2.17. The van der Waals surface area contributed by atoms with Crippen molar-refractivity contribution in [3.05, 3.63) is 59.7 Å². The molecule has 0 saturated carbocycles. The first-order valence-electron chi connectivity index (χ1n) is 7.52.